The van der Waals surface area contributed by atoms with Crippen LogP contribution in [0.4, 0.5) is 0 Å². The number of hydrogen-bond acceptors (Lipinski definition) is 7. The molecule has 0 radical (unpaired) electrons. The van der Waals surface area contributed by atoms with Gasteiger partial charge in [0.2, 0.25) is 0 Å². The van der Waals surface area contributed by atoms with Gasteiger partial charge in [-0.15, -0.1) is 0 Å². The Morgan fingerprint density at radius 2 is 1.89 bits per heavy atom. The van der Waals surface area contributed by atoms with Crippen LogP contribution in [0, 0.1) is 35.5 Å². The van der Waals surface area contributed by atoms with Crippen LogP contribution in [0.5, 0.6) is 0 Å². The van der Waals surface area contributed by atoms with Crippen LogP contribution in [0.15, 0.2) is 23.8 Å². The fourth-order valence-electron chi connectivity index (χ4n) is 6.91. The first-order valence-electron chi connectivity index (χ1n) is 13.8. The lowest BCUT2D eigenvalue weighted by molar-refractivity contribution is -0.204. The summed E-state index contributed by atoms with van der Waals surface area (Å²) >= 11 is 0. The van der Waals surface area contributed by atoms with E-state index in [1.807, 2.05) is 6.92 Å². The molecule has 0 bridgehead atoms. The number of ether oxygens (including phenoxy) is 4. The quantitative estimate of drug-likeness (QED) is 0.315. The van der Waals surface area contributed by atoms with Crippen molar-refractivity contribution in [3.05, 3.63) is 23.8 Å². The summed E-state index contributed by atoms with van der Waals surface area (Å²) in [5.74, 6) is 0.814. The summed E-state index contributed by atoms with van der Waals surface area (Å²) in [4.78, 5) is 26.5. The maximum Gasteiger partial charge on any atom is 0.306 e. The van der Waals surface area contributed by atoms with Crippen LogP contribution in [-0.2, 0) is 28.5 Å². The molecule has 7 nitrogen and oxygen atoms in total. The van der Waals surface area contributed by atoms with E-state index in [0.29, 0.717) is 11.8 Å². The number of hydrogen-bond donors (Lipinski definition) is 1. The minimum Gasteiger partial charge on any atom is -0.462 e. The molecule has 10 atom stereocenters. The molecule has 0 spiro atoms. The second kappa shape index (κ2) is 12.3. The van der Waals surface area contributed by atoms with Crippen molar-refractivity contribution in [2.45, 2.75) is 89.8 Å². The Balaban J connectivity index is 1.51. The minimum absolute atomic E-state index is 0.0317. The first kappa shape index (κ1) is 27.5. The third-order valence-electron chi connectivity index (χ3n) is 8.94. The highest BCUT2D eigenvalue weighted by molar-refractivity contribution is 5.98. The lowest BCUT2D eigenvalue weighted by atomic mass is 9.70. The van der Waals surface area contributed by atoms with Gasteiger partial charge in [0.05, 0.1) is 19.1 Å². The van der Waals surface area contributed by atoms with Crippen molar-refractivity contribution in [1.82, 2.24) is 0 Å². The molecule has 1 N–H and O–H groups in total. The molecule has 0 aromatic carbocycles. The maximum absolute atomic E-state index is 13.6. The molecule has 2 fully saturated rings. The van der Waals surface area contributed by atoms with Crippen LogP contribution in [0.3, 0.4) is 0 Å². The molecule has 4 aliphatic rings. The second-order valence-corrected chi connectivity index (χ2v) is 11.2. The van der Waals surface area contributed by atoms with Crippen LogP contribution in [0.1, 0.15) is 65.2 Å². The number of rotatable bonds is 7. The highest BCUT2D eigenvalue weighted by Gasteiger charge is 2.50. The molecule has 1 heterocycles. The first-order valence-corrected chi connectivity index (χ1v) is 13.8. The molecule has 1 saturated heterocycles. The van der Waals surface area contributed by atoms with Gasteiger partial charge in [-0.3, -0.25) is 9.59 Å². The summed E-state index contributed by atoms with van der Waals surface area (Å²) in [7, 11) is 3.11. The zero-order valence-electron chi connectivity index (χ0n) is 22.3. The summed E-state index contributed by atoms with van der Waals surface area (Å²) in [6.07, 6.45) is 11.4. The van der Waals surface area contributed by atoms with Crippen molar-refractivity contribution in [1.29, 1.82) is 0 Å². The molecule has 1 saturated carbocycles. The summed E-state index contributed by atoms with van der Waals surface area (Å²) < 4.78 is 22.3. The first-order chi connectivity index (χ1) is 17.4. The number of esters is 1. The predicted octanol–water partition coefficient (Wildman–Crippen LogP) is 4.23. The summed E-state index contributed by atoms with van der Waals surface area (Å²) in [6, 6.07) is 0. The molecule has 4 rings (SSSR count). The Labute approximate surface area is 215 Å². The molecule has 0 amide bonds. The van der Waals surface area contributed by atoms with Crippen molar-refractivity contribution in [2.24, 2.45) is 35.5 Å². The van der Waals surface area contributed by atoms with E-state index >= 15 is 0 Å². The standard InChI is InChI=1S/C29H44O7/c1-5-19-9-7-6-8-17(2)28(31)25-14-23-21(24(25)15-27(30)35-19)11-10-18-12-20(13-22(18)23)36-29(32)26(34-4)16-33-3/h10-11,14,17-24,26,29,32H,5-9,12-13,15-16H2,1-4H3/t17-,18?,19+,20-,21?,22-,23?,24+,26+,29?/m1/s1. The van der Waals surface area contributed by atoms with E-state index in [1.54, 1.807) is 7.11 Å². The van der Waals surface area contributed by atoms with E-state index in [1.165, 1.54) is 7.11 Å². The highest BCUT2D eigenvalue weighted by atomic mass is 16.6. The van der Waals surface area contributed by atoms with Gasteiger partial charge < -0.3 is 24.1 Å². The van der Waals surface area contributed by atoms with Crippen LogP contribution < -0.4 is 0 Å². The van der Waals surface area contributed by atoms with Crippen LogP contribution in [0.25, 0.3) is 0 Å². The molecule has 36 heavy (non-hydrogen) atoms. The van der Waals surface area contributed by atoms with Gasteiger partial charge in [0.25, 0.3) is 0 Å². The van der Waals surface area contributed by atoms with Crippen molar-refractivity contribution in [2.75, 3.05) is 20.8 Å². The number of Topliss-reactive ketones (excluding diaryl/α,β-unsaturated/α-hetero) is 1. The number of carbonyl (C=O) groups excluding carboxylic acids is 2. The molecular formula is C29H44O7. The largest absolute Gasteiger partial charge is 0.462 e. The van der Waals surface area contributed by atoms with E-state index in [9.17, 15) is 14.7 Å². The number of ketones is 1. The van der Waals surface area contributed by atoms with Gasteiger partial charge >= 0.3 is 5.97 Å². The van der Waals surface area contributed by atoms with Crippen LogP contribution in [-0.4, -0.2) is 62.3 Å². The van der Waals surface area contributed by atoms with Gasteiger partial charge in [0.15, 0.2) is 12.1 Å². The van der Waals surface area contributed by atoms with Crippen molar-refractivity contribution in [3.63, 3.8) is 0 Å². The van der Waals surface area contributed by atoms with Gasteiger partial charge in [-0.05, 0) is 67.8 Å². The fraction of sp³-hybridized carbons (Fsp3) is 0.793. The van der Waals surface area contributed by atoms with E-state index in [0.717, 1.165) is 50.5 Å². The Hall–Kier alpha value is -1.54. The average Bonchev–Trinajstić information content (AvgIpc) is 3.43. The van der Waals surface area contributed by atoms with Crippen LogP contribution >= 0.6 is 0 Å². The number of methoxy groups -OCH3 is 2. The topological polar surface area (TPSA) is 91.3 Å². The Kier molecular flexibility index (Phi) is 9.42. The Bertz CT molecular complexity index is 835. The Morgan fingerprint density at radius 1 is 1.11 bits per heavy atom. The number of aliphatic hydroxyl groups excluding tert-OH is 1. The van der Waals surface area contributed by atoms with E-state index in [2.05, 4.69) is 25.2 Å². The van der Waals surface area contributed by atoms with Gasteiger partial charge in [-0.25, -0.2) is 0 Å². The number of fused-ring (bicyclic) bond motifs is 5. The summed E-state index contributed by atoms with van der Waals surface area (Å²) in [5, 5.41) is 10.5. The number of carbonyl (C=O) groups is 2. The summed E-state index contributed by atoms with van der Waals surface area (Å²) in [5.41, 5.74) is 0.831. The molecule has 202 valence electrons. The van der Waals surface area contributed by atoms with E-state index < -0.39 is 12.4 Å². The number of allylic oxidation sites excluding steroid dienone is 4. The average molecular weight is 505 g/mol. The third-order valence-corrected chi connectivity index (χ3v) is 8.94. The van der Waals surface area contributed by atoms with E-state index in [4.69, 9.17) is 18.9 Å². The molecule has 1 aliphatic heterocycles. The summed E-state index contributed by atoms with van der Waals surface area (Å²) in [6.45, 7) is 4.36. The fourth-order valence-corrected chi connectivity index (χ4v) is 6.91. The second-order valence-electron chi connectivity index (χ2n) is 11.2. The molecular weight excluding hydrogens is 460 g/mol. The lowest BCUT2D eigenvalue weighted by Crippen LogP contribution is -2.36. The predicted molar refractivity (Wildman–Crippen MR) is 135 cm³/mol. The zero-order chi connectivity index (χ0) is 25.8. The van der Waals surface area contributed by atoms with Crippen molar-refractivity contribution in [3.8, 4) is 0 Å². The molecule has 0 aromatic heterocycles. The SMILES string of the molecule is CC[C@H]1CCCC[C@@H](C)C(=O)C2=CC3C(C=CC4C[C@@H](OC(O)[C@H](COC)OC)C[C@H]43)[C@@H]2CC(=O)O1. The maximum atomic E-state index is 13.6. The molecule has 4 unspecified atom stereocenters. The molecule has 3 aliphatic carbocycles. The van der Waals surface area contributed by atoms with Crippen LogP contribution in [0.2, 0.25) is 0 Å². The third kappa shape index (κ3) is 5.95. The lowest BCUT2D eigenvalue weighted by Gasteiger charge is -2.34. The van der Waals surface area contributed by atoms with E-state index in [-0.39, 0.29) is 60.7 Å². The van der Waals surface area contributed by atoms with Gasteiger partial charge in [-0.2, -0.15) is 0 Å². The van der Waals surface area contributed by atoms with Crippen molar-refractivity contribution < 1.29 is 33.6 Å². The number of cyclic esters (lactones) is 1. The zero-order valence-corrected chi connectivity index (χ0v) is 22.3. The monoisotopic (exact) mass is 504 g/mol. The highest BCUT2D eigenvalue weighted by Crippen LogP contribution is 2.54. The molecule has 0 aromatic rings. The smallest absolute Gasteiger partial charge is 0.306 e. The number of aliphatic hydroxyl groups is 1. The van der Waals surface area contributed by atoms with Gasteiger partial charge in [0, 0.05) is 26.1 Å². The molecule has 7 heteroatoms. The van der Waals surface area contributed by atoms with Gasteiger partial charge in [-0.1, -0.05) is 38.5 Å². The minimum atomic E-state index is -1.06. The van der Waals surface area contributed by atoms with Gasteiger partial charge in [0.1, 0.15) is 12.2 Å². The van der Waals surface area contributed by atoms with Crippen molar-refractivity contribution >= 4 is 11.8 Å². The normalized spacial score (nSPS) is 38.6. The Morgan fingerprint density at radius 3 is 2.61 bits per heavy atom.